The highest BCUT2D eigenvalue weighted by Gasteiger charge is 2.31. The molecule has 1 aromatic rings. The number of benzene rings is 1. The Bertz CT molecular complexity index is 494. The summed E-state index contributed by atoms with van der Waals surface area (Å²) in [6.07, 6.45) is 4.96. The van der Waals surface area contributed by atoms with E-state index >= 15 is 0 Å². The van der Waals surface area contributed by atoms with Crippen LogP contribution in [0.15, 0.2) is 18.2 Å². The fourth-order valence-electron chi connectivity index (χ4n) is 3.50. The van der Waals surface area contributed by atoms with Crippen molar-refractivity contribution in [1.82, 2.24) is 0 Å². The van der Waals surface area contributed by atoms with Gasteiger partial charge in [-0.2, -0.15) is 0 Å². The minimum Gasteiger partial charge on any atom is -0.481 e. The van der Waals surface area contributed by atoms with Gasteiger partial charge >= 0.3 is 5.97 Å². The van der Waals surface area contributed by atoms with E-state index in [-0.39, 0.29) is 11.8 Å². The number of aliphatic carboxylic acids is 1. The van der Waals surface area contributed by atoms with E-state index in [1.54, 1.807) is 6.07 Å². The summed E-state index contributed by atoms with van der Waals surface area (Å²) in [4.78, 5) is 11.0. The Balaban J connectivity index is 2.12. The summed E-state index contributed by atoms with van der Waals surface area (Å²) in [6.45, 7) is 2.08. The van der Waals surface area contributed by atoms with Gasteiger partial charge in [-0.25, -0.2) is 8.78 Å². The molecular weight excluding hydrogens is 274 g/mol. The molecule has 21 heavy (non-hydrogen) atoms. The molecule has 0 spiro atoms. The van der Waals surface area contributed by atoms with Crippen molar-refractivity contribution < 1.29 is 18.7 Å². The summed E-state index contributed by atoms with van der Waals surface area (Å²) >= 11 is 0. The summed E-state index contributed by atoms with van der Waals surface area (Å²) in [5.41, 5.74) is 0.842. The van der Waals surface area contributed by atoms with Gasteiger partial charge in [0.05, 0.1) is 5.92 Å². The van der Waals surface area contributed by atoms with Crippen molar-refractivity contribution in [1.29, 1.82) is 0 Å². The summed E-state index contributed by atoms with van der Waals surface area (Å²) in [6, 6.07) is 4.16. The lowest BCUT2D eigenvalue weighted by Gasteiger charge is -2.33. The molecular formula is C17H22F2O2. The zero-order valence-electron chi connectivity index (χ0n) is 12.3. The third-order valence-corrected chi connectivity index (χ3v) is 4.66. The molecule has 0 aliphatic heterocycles. The lowest BCUT2D eigenvalue weighted by atomic mass is 9.72. The zero-order valence-corrected chi connectivity index (χ0v) is 12.3. The van der Waals surface area contributed by atoms with E-state index < -0.39 is 17.6 Å². The van der Waals surface area contributed by atoms with E-state index in [0.29, 0.717) is 18.8 Å². The first-order chi connectivity index (χ1) is 10.0. The van der Waals surface area contributed by atoms with Gasteiger partial charge in [0.1, 0.15) is 0 Å². The van der Waals surface area contributed by atoms with Gasteiger partial charge in [-0.3, -0.25) is 4.79 Å². The van der Waals surface area contributed by atoms with Crippen LogP contribution in [0.2, 0.25) is 0 Å². The van der Waals surface area contributed by atoms with Crippen molar-refractivity contribution in [3.63, 3.8) is 0 Å². The lowest BCUT2D eigenvalue weighted by molar-refractivity contribution is -0.143. The molecule has 0 aromatic heterocycles. The van der Waals surface area contributed by atoms with Gasteiger partial charge in [-0.1, -0.05) is 19.4 Å². The molecule has 1 aliphatic carbocycles. The number of carboxylic acids is 1. The second-order valence-electron chi connectivity index (χ2n) is 6.02. The Morgan fingerprint density at radius 3 is 2.43 bits per heavy atom. The molecule has 0 saturated heterocycles. The third-order valence-electron chi connectivity index (χ3n) is 4.66. The highest BCUT2D eigenvalue weighted by Crippen LogP contribution is 2.40. The summed E-state index contributed by atoms with van der Waals surface area (Å²) in [5, 5.41) is 9.06. The smallest absolute Gasteiger partial charge is 0.306 e. The van der Waals surface area contributed by atoms with Crippen LogP contribution in [0, 0.1) is 23.5 Å². The van der Waals surface area contributed by atoms with Crippen molar-refractivity contribution in [2.45, 2.75) is 51.4 Å². The van der Waals surface area contributed by atoms with Gasteiger partial charge in [0.15, 0.2) is 11.6 Å². The molecule has 1 saturated carbocycles. The van der Waals surface area contributed by atoms with Crippen LogP contribution < -0.4 is 0 Å². The van der Waals surface area contributed by atoms with Crippen molar-refractivity contribution in [2.75, 3.05) is 0 Å². The quantitative estimate of drug-likeness (QED) is 0.852. The molecule has 0 amide bonds. The van der Waals surface area contributed by atoms with E-state index in [4.69, 9.17) is 5.11 Å². The molecule has 1 atom stereocenters. The predicted octanol–water partition coefficient (Wildman–Crippen LogP) is 4.74. The summed E-state index contributed by atoms with van der Waals surface area (Å²) in [7, 11) is 0. The van der Waals surface area contributed by atoms with Gasteiger partial charge in [0.25, 0.3) is 0 Å². The summed E-state index contributed by atoms with van der Waals surface area (Å²) < 4.78 is 26.6. The third kappa shape index (κ3) is 3.80. The molecule has 1 unspecified atom stereocenters. The molecule has 1 N–H and O–H groups in total. The van der Waals surface area contributed by atoms with Crippen LogP contribution in [0.1, 0.15) is 56.9 Å². The molecule has 2 nitrogen and oxygen atoms in total. The van der Waals surface area contributed by atoms with E-state index in [2.05, 4.69) is 6.92 Å². The van der Waals surface area contributed by atoms with Crippen LogP contribution in [0.25, 0.3) is 0 Å². The van der Waals surface area contributed by atoms with E-state index in [1.165, 1.54) is 12.1 Å². The fourth-order valence-corrected chi connectivity index (χ4v) is 3.50. The fraction of sp³-hybridized carbons (Fsp3) is 0.588. The van der Waals surface area contributed by atoms with Gasteiger partial charge < -0.3 is 5.11 Å². The number of hydrogen-bond donors (Lipinski definition) is 1. The lowest BCUT2D eigenvalue weighted by Crippen LogP contribution is -2.25. The average Bonchev–Trinajstić information content (AvgIpc) is 2.48. The van der Waals surface area contributed by atoms with Gasteiger partial charge in [-0.05, 0) is 61.6 Å². The minimum atomic E-state index is -0.816. The van der Waals surface area contributed by atoms with E-state index in [1.807, 2.05) is 0 Å². The number of carbonyl (C=O) groups is 1. The standard InChI is InChI=1S/C17H22F2O2/c1-2-3-14(13-8-9-15(18)16(19)10-13)11-4-6-12(7-5-11)17(20)21/h8-12,14H,2-7H2,1H3,(H,20,21). The Morgan fingerprint density at radius 1 is 1.24 bits per heavy atom. The molecule has 4 heteroatoms. The van der Waals surface area contributed by atoms with Gasteiger partial charge in [0, 0.05) is 0 Å². The molecule has 1 fully saturated rings. The van der Waals surface area contributed by atoms with Crippen LogP contribution in [-0.2, 0) is 4.79 Å². The average molecular weight is 296 g/mol. The zero-order chi connectivity index (χ0) is 15.4. The van der Waals surface area contributed by atoms with Crippen molar-refractivity contribution in [2.24, 2.45) is 11.8 Å². The Morgan fingerprint density at radius 2 is 1.90 bits per heavy atom. The summed E-state index contributed by atoms with van der Waals surface area (Å²) in [5.74, 6) is -2.01. The second-order valence-corrected chi connectivity index (χ2v) is 6.02. The van der Waals surface area contributed by atoms with Crippen LogP contribution in [0.4, 0.5) is 8.78 Å². The first kappa shape index (κ1) is 15.9. The Kier molecular flexibility index (Phi) is 5.32. The predicted molar refractivity (Wildman–Crippen MR) is 77.1 cm³/mol. The maximum absolute atomic E-state index is 13.5. The van der Waals surface area contributed by atoms with Crippen LogP contribution in [0.5, 0.6) is 0 Å². The van der Waals surface area contributed by atoms with Crippen LogP contribution >= 0.6 is 0 Å². The number of hydrogen-bond acceptors (Lipinski definition) is 1. The number of rotatable bonds is 5. The highest BCUT2D eigenvalue weighted by molar-refractivity contribution is 5.70. The monoisotopic (exact) mass is 296 g/mol. The van der Waals surface area contributed by atoms with Gasteiger partial charge in [0.2, 0.25) is 0 Å². The molecule has 0 bridgehead atoms. The maximum Gasteiger partial charge on any atom is 0.306 e. The topological polar surface area (TPSA) is 37.3 Å². The molecule has 1 aliphatic rings. The number of carboxylic acid groups (broad SMARTS) is 1. The second kappa shape index (κ2) is 7.01. The molecule has 0 radical (unpaired) electrons. The first-order valence-corrected chi connectivity index (χ1v) is 7.70. The van der Waals surface area contributed by atoms with E-state index in [0.717, 1.165) is 31.2 Å². The maximum atomic E-state index is 13.5. The van der Waals surface area contributed by atoms with Gasteiger partial charge in [-0.15, -0.1) is 0 Å². The van der Waals surface area contributed by atoms with Crippen molar-refractivity contribution >= 4 is 5.97 Å². The molecule has 116 valence electrons. The van der Waals surface area contributed by atoms with Crippen molar-refractivity contribution in [3.8, 4) is 0 Å². The number of halogens is 2. The Labute approximate surface area is 124 Å². The molecule has 2 rings (SSSR count). The first-order valence-electron chi connectivity index (χ1n) is 7.70. The van der Waals surface area contributed by atoms with E-state index in [9.17, 15) is 13.6 Å². The highest BCUT2D eigenvalue weighted by atomic mass is 19.2. The largest absolute Gasteiger partial charge is 0.481 e. The Hall–Kier alpha value is -1.45. The molecule has 1 aromatic carbocycles. The minimum absolute atomic E-state index is 0.194. The molecule has 0 heterocycles. The van der Waals surface area contributed by atoms with Crippen molar-refractivity contribution in [3.05, 3.63) is 35.4 Å². The van der Waals surface area contributed by atoms with Crippen LogP contribution in [0.3, 0.4) is 0 Å². The SMILES string of the molecule is CCCC(c1ccc(F)c(F)c1)C1CCC(C(=O)O)CC1. The normalized spacial score (nSPS) is 23.8. The van der Waals surface area contributed by atoms with Crippen LogP contribution in [-0.4, -0.2) is 11.1 Å².